The second kappa shape index (κ2) is 4.26. The number of benzene rings is 1. The Morgan fingerprint density at radius 1 is 1.38 bits per heavy atom. The Hall–Kier alpha value is -1.35. The number of aliphatic hydroxyl groups is 1. The second-order valence-electron chi connectivity index (χ2n) is 4.40. The average Bonchev–Trinajstić information content (AvgIpc) is 2.54. The van der Waals surface area contributed by atoms with Gasteiger partial charge in [-0.15, -0.1) is 0 Å². The van der Waals surface area contributed by atoms with Crippen molar-refractivity contribution in [2.24, 2.45) is 0 Å². The molecule has 1 heterocycles. The molecular formula is C13H17NO2. The van der Waals surface area contributed by atoms with Crippen LogP contribution in [-0.4, -0.2) is 28.1 Å². The smallest absolute Gasteiger partial charge is 0.226 e. The molecule has 1 aromatic carbocycles. The van der Waals surface area contributed by atoms with E-state index in [9.17, 15) is 9.90 Å². The summed E-state index contributed by atoms with van der Waals surface area (Å²) in [6.45, 7) is 3.90. The first-order valence-electron chi connectivity index (χ1n) is 5.65. The first-order chi connectivity index (χ1) is 7.61. The third kappa shape index (κ3) is 1.83. The Morgan fingerprint density at radius 3 is 2.50 bits per heavy atom. The number of hydrogen-bond donors (Lipinski definition) is 1. The molecule has 0 radical (unpaired) electrons. The summed E-state index contributed by atoms with van der Waals surface area (Å²) in [6, 6.07) is 9.84. The molecule has 0 bridgehead atoms. The van der Waals surface area contributed by atoms with E-state index in [1.165, 1.54) is 0 Å². The highest BCUT2D eigenvalue weighted by molar-refractivity contribution is 5.80. The molecule has 0 aliphatic carbocycles. The molecule has 1 aromatic rings. The van der Waals surface area contributed by atoms with Gasteiger partial charge in [-0.1, -0.05) is 30.3 Å². The third-order valence-electron chi connectivity index (χ3n) is 3.37. The standard InChI is InChI=1S/C13H17NO2/c1-9(11-6-4-3-5-7-11)14-10(2)12(15)8-13(14)16/h3-7,9-10,12,15H,8H2,1-2H3/t9-,10-,12-/m0/s1. The molecule has 1 aliphatic heterocycles. The largest absolute Gasteiger partial charge is 0.390 e. The highest BCUT2D eigenvalue weighted by Crippen LogP contribution is 2.29. The quantitative estimate of drug-likeness (QED) is 0.823. The van der Waals surface area contributed by atoms with Crippen molar-refractivity contribution < 1.29 is 9.90 Å². The first-order valence-corrected chi connectivity index (χ1v) is 5.65. The van der Waals surface area contributed by atoms with Gasteiger partial charge < -0.3 is 10.0 Å². The van der Waals surface area contributed by atoms with E-state index in [1.54, 1.807) is 4.90 Å². The fourth-order valence-electron chi connectivity index (χ4n) is 2.33. The Morgan fingerprint density at radius 2 is 2.00 bits per heavy atom. The Bertz CT molecular complexity index is 377. The van der Waals surface area contributed by atoms with Crippen molar-refractivity contribution in [1.82, 2.24) is 4.90 Å². The summed E-state index contributed by atoms with van der Waals surface area (Å²) in [5.74, 6) is 0.0383. The van der Waals surface area contributed by atoms with Crippen LogP contribution < -0.4 is 0 Å². The van der Waals surface area contributed by atoms with Crippen LogP contribution in [0.15, 0.2) is 30.3 Å². The number of nitrogens with zero attached hydrogens (tertiary/aromatic N) is 1. The van der Waals surface area contributed by atoms with Crippen LogP contribution in [0.5, 0.6) is 0 Å². The SMILES string of the molecule is C[C@@H](c1ccccc1)N1C(=O)C[C@H](O)[C@@H]1C. The van der Waals surface area contributed by atoms with E-state index in [0.717, 1.165) is 5.56 Å². The van der Waals surface area contributed by atoms with E-state index in [1.807, 2.05) is 44.2 Å². The molecule has 0 spiro atoms. The topological polar surface area (TPSA) is 40.5 Å². The molecule has 1 aliphatic rings. The van der Waals surface area contributed by atoms with Gasteiger partial charge in [-0.3, -0.25) is 4.79 Å². The summed E-state index contributed by atoms with van der Waals surface area (Å²) in [6.07, 6.45) is -0.281. The molecule has 0 unspecified atom stereocenters. The van der Waals surface area contributed by atoms with Crippen LogP contribution >= 0.6 is 0 Å². The Kier molecular flexibility index (Phi) is 2.97. The minimum Gasteiger partial charge on any atom is -0.390 e. The van der Waals surface area contributed by atoms with Crippen LogP contribution in [-0.2, 0) is 4.79 Å². The third-order valence-corrected chi connectivity index (χ3v) is 3.37. The first kappa shape index (κ1) is 11.1. The Balaban J connectivity index is 2.22. The van der Waals surface area contributed by atoms with Crippen LogP contribution in [0.1, 0.15) is 31.9 Å². The fraction of sp³-hybridized carbons (Fsp3) is 0.462. The van der Waals surface area contributed by atoms with Crippen molar-refractivity contribution in [2.75, 3.05) is 0 Å². The average molecular weight is 219 g/mol. The molecule has 2 rings (SSSR count). The van der Waals surface area contributed by atoms with E-state index in [-0.39, 0.29) is 24.4 Å². The summed E-state index contributed by atoms with van der Waals surface area (Å²) in [7, 11) is 0. The van der Waals surface area contributed by atoms with Gasteiger partial charge in [-0.25, -0.2) is 0 Å². The zero-order chi connectivity index (χ0) is 11.7. The molecule has 1 amide bonds. The highest BCUT2D eigenvalue weighted by atomic mass is 16.3. The normalized spacial score (nSPS) is 27.2. The number of likely N-dealkylation sites (tertiary alicyclic amines) is 1. The molecule has 0 aromatic heterocycles. The van der Waals surface area contributed by atoms with Crippen LogP contribution in [0, 0.1) is 0 Å². The van der Waals surface area contributed by atoms with Gasteiger partial charge in [0.05, 0.1) is 24.6 Å². The highest BCUT2D eigenvalue weighted by Gasteiger charge is 2.38. The van der Waals surface area contributed by atoms with E-state index in [2.05, 4.69) is 0 Å². The molecule has 1 N–H and O–H groups in total. The van der Waals surface area contributed by atoms with Gasteiger partial charge in [0.15, 0.2) is 0 Å². The molecular weight excluding hydrogens is 202 g/mol. The summed E-state index contributed by atoms with van der Waals surface area (Å²) in [5, 5.41) is 9.67. The van der Waals surface area contributed by atoms with Gasteiger partial charge in [-0.05, 0) is 19.4 Å². The number of rotatable bonds is 2. The van der Waals surface area contributed by atoms with Crippen molar-refractivity contribution in [2.45, 2.75) is 38.5 Å². The fourth-order valence-corrected chi connectivity index (χ4v) is 2.33. The summed E-state index contributed by atoms with van der Waals surface area (Å²) < 4.78 is 0. The second-order valence-corrected chi connectivity index (χ2v) is 4.40. The van der Waals surface area contributed by atoms with Gasteiger partial charge in [0.1, 0.15) is 0 Å². The molecule has 86 valence electrons. The lowest BCUT2D eigenvalue weighted by Crippen LogP contribution is -2.36. The maximum absolute atomic E-state index is 11.8. The molecule has 3 heteroatoms. The number of aliphatic hydroxyl groups excluding tert-OH is 1. The van der Waals surface area contributed by atoms with Crippen molar-refractivity contribution >= 4 is 5.91 Å². The van der Waals surface area contributed by atoms with E-state index >= 15 is 0 Å². The van der Waals surface area contributed by atoms with Gasteiger partial charge in [-0.2, -0.15) is 0 Å². The predicted octanol–water partition coefficient (Wildman–Crippen LogP) is 1.73. The summed E-state index contributed by atoms with van der Waals surface area (Å²) in [5.41, 5.74) is 1.11. The van der Waals surface area contributed by atoms with Crippen LogP contribution in [0.2, 0.25) is 0 Å². The van der Waals surface area contributed by atoms with Crippen molar-refractivity contribution in [3.63, 3.8) is 0 Å². The molecule has 3 atom stereocenters. The summed E-state index contributed by atoms with van der Waals surface area (Å²) in [4.78, 5) is 13.6. The monoisotopic (exact) mass is 219 g/mol. The zero-order valence-corrected chi connectivity index (χ0v) is 9.63. The van der Waals surface area contributed by atoms with E-state index in [0.29, 0.717) is 0 Å². The van der Waals surface area contributed by atoms with Crippen molar-refractivity contribution in [3.8, 4) is 0 Å². The van der Waals surface area contributed by atoms with Gasteiger partial charge in [0, 0.05) is 0 Å². The minimum atomic E-state index is -0.529. The zero-order valence-electron chi connectivity index (χ0n) is 9.63. The van der Waals surface area contributed by atoms with Crippen molar-refractivity contribution in [1.29, 1.82) is 0 Å². The number of carbonyl (C=O) groups excluding carboxylic acids is 1. The molecule has 16 heavy (non-hydrogen) atoms. The van der Waals surface area contributed by atoms with Gasteiger partial charge in [0.2, 0.25) is 5.91 Å². The lowest BCUT2D eigenvalue weighted by Gasteiger charge is -2.30. The predicted molar refractivity (Wildman–Crippen MR) is 61.8 cm³/mol. The minimum absolute atomic E-state index is 0.0286. The summed E-state index contributed by atoms with van der Waals surface area (Å²) >= 11 is 0. The maximum Gasteiger partial charge on any atom is 0.226 e. The van der Waals surface area contributed by atoms with Crippen LogP contribution in [0.4, 0.5) is 0 Å². The number of amides is 1. The van der Waals surface area contributed by atoms with Crippen molar-refractivity contribution in [3.05, 3.63) is 35.9 Å². The molecule has 3 nitrogen and oxygen atoms in total. The lowest BCUT2D eigenvalue weighted by molar-refractivity contribution is -0.130. The van der Waals surface area contributed by atoms with Gasteiger partial charge in [0.25, 0.3) is 0 Å². The van der Waals surface area contributed by atoms with E-state index in [4.69, 9.17) is 0 Å². The molecule has 1 fully saturated rings. The maximum atomic E-state index is 11.8. The molecule has 1 saturated heterocycles. The van der Waals surface area contributed by atoms with Crippen LogP contribution in [0.3, 0.4) is 0 Å². The van der Waals surface area contributed by atoms with Crippen LogP contribution in [0.25, 0.3) is 0 Å². The number of hydrogen-bond acceptors (Lipinski definition) is 2. The molecule has 0 saturated carbocycles. The van der Waals surface area contributed by atoms with E-state index < -0.39 is 6.10 Å². The Labute approximate surface area is 95.7 Å². The lowest BCUT2D eigenvalue weighted by atomic mass is 10.1. The number of carbonyl (C=O) groups is 1. The van der Waals surface area contributed by atoms with Gasteiger partial charge >= 0.3 is 0 Å².